The number of hydrogen-bond donors (Lipinski definition) is 0. The van der Waals surface area contributed by atoms with Gasteiger partial charge in [0.15, 0.2) is 0 Å². The van der Waals surface area contributed by atoms with Gasteiger partial charge in [-0.05, 0) is 37.1 Å². The van der Waals surface area contributed by atoms with Crippen molar-refractivity contribution in [3.8, 4) is 0 Å². The summed E-state index contributed by atoms with van der Waals surface area (Å²) in [4.78, 5) is 24.8. The van der Waals surface area contributed by atoms with E-state index in [1.54, 1.807) is 12.1 Å². The largest absolute Gasteiger partial charge is 0.465 e. The van der Waals surface area contributed by atoms with Gasteiger partial charge in [-0.15, -0.1) is 0 Å². The molecule has 1 aliphatic carbocycles. The third-order valence-corrected chi connectivity index (χ3v) is 3.76. The molecule has 1 saturated carbocycles. The topological polar surface area (TPSA) is 46.6 Å². The van der Waals surface area contributed by atoms with E-state index in [2.05, 4.69) is 9.64 Å². The van der Waals surface area contributed by atoms with Crippen LogP contribution in [0.3, 0.4) is 0 Å². The van der Waals surface area contributed by atoms with Crippen molar-refractivity contribution in [3.05, 3.63) is 29.8 Å². The molecule has 102 valence electrons. The molecule has 1 aromatic carbocycles. The summed E-state index contributed by atoms with van der Waals surface area (Å²) in [5.41, 5.74) is 1.62. The number of esters is 1. The smallest absolute Gasteiger partial charge is 0.337 e. The second-order valence-corrected chi connectivity index (χ2v) is 4.92. The van der Waals surface area contributed by atoms with Crippen LogP contribution in [0, 0.1) is 0 Å². The van der Waals surface area contributed by atoms with E-state index in [-0.39, 0.29) is 5.97 Å². The second-order valence-electron chi connectivity index (χ2n) is 4.92. The molecule has 2 rings (SSSR count). The molecule has 4 heteroatoms. The molecule has 0 bridgehead atoms. The second kappa shape index (κ2) is 5.87. The summed E-state index contributed by atoms with van der Waals surface area (Å²) < 4.78 is 4.67. The number of benzene rings is 1. The van der Waals surface area contributed by atoms with Crippen LogP contribution >= 0.6 is 0 Å². The van der Waals surface area contributed by atoms with Gasteiger partial charge in [-0.25, -0.2) is 4.79 Å². The molecular weight excluding hydrogens is 242 g/mol. The normalized spacial score (nSPS) is 16.2. The summed E-state index contributed by atoms with van der Waals surface area (Å²) in [6, 6.07) is 7.78. The molecule has 1 aromatic rings. The first-order valence-corrected chi connectivity index (χ1v) is 6.54. The molecular formula is C15H19NO3. The van der Waals surface area contributed by atoms with E-state index < -0.39 is 0 Å². The fourth-order valence-electron chi connectivity index (χ4n) is 2.47. The van der Waals surface area contributed by atoms with Gasteiger partial charge in [-0.3, -0.25) is 4.79 Å². The highest BCUT2D eigenvalue weighted by molar-refractivity contribution is 5.89. The van der Waals surface area contributed by atoms with Crippen molar-refractivity contribution >= 4 is 17.4 Å². The molecule has 1 fully saturated rings. The number of anilines is 1. The molecule has 0 amide bonds. The van der Waals surface area contributed by atoms with Gasteiger partial charge in [-0.1, -0.05) is 0 Å². The van der Waals surface area contributed by atoms with E-state index in [1.165, 1.54) is 7.11 Å². The van der Waals surface area contributed by atoms with Crippen LogP contribution in [0.4, 0.5) is 5.69 Å². The summed E-state index contributed by atoms with van der Waals surface area (Å²) in [6.07, 6.45) is 3.17. The highest BCUT2D eigenvalue weighted by atomic mass is 16.5. The molecule has 0 unspecified atom stereocenters. The minimum Gasteiger partial charge on any atom is -0.465 e. The Morgan fingerprint density at radius 2 is 1.79 bits per heavy atom. The van der Waals surface area contributed by atoms with E-state index in [0.717, 1.165) is 18.5 Å². The maximum atomic E-state index is 11.4. The van der Waals surface area contributed by atoms with Crippen molar-refractivity contribution in [3.63, 3.8) is 0 Å². The first-order chi connectivity index (χ1) is 9.11. The van der Waals surface area contributed by atoms with Gasteiger partial charge < -0.3 is 9.64 Å². The van der Waals surface area contributed by atoms with Crippen molar-refractivity contribution < 1.29 is 14.3 Å². The van der Waals surface area contributed by atoms with E-state index in [0.29, 0.717) is 30.2 Å². The van der Waals surface area contributed by atoms with Crippen molar-refractivity contribution in [2.45, 2.75) is 31.7 Å². The number of hydrogen-bond acceptors (Lipinski definition) is 4. The van der Waals surface area contributed by atoms with Crippen LogP contribution < -0.4 is 4.90 Å². The van der Waals surface area contributed by atoms with Crippen LogP contribution in [-0.4, -0.2) is 32.0 Å². The highest BCUT2D eigenvalue weighted by Gasteiger charge is 2.22. The Morgan fingerprint density at radius 3 is 2.32 bits per heavy atom. The van der Waals surface area contributed by atoms with Gasteiger partial charge >= 0.3 is 5.97 Å². The lowest BCUT2D eigenvalue weighted by molar-refractivity contribution is -0.120. The minimum atomic E-state index is -0.322. The van der Waals surface area contributed by atoms with Crippen LogP contribution in [0.1, 0.15) is 36.0 Å². The van der Waals surface area contributed by atoms with E-state index in [1.807, 2.05) is 19.2 Å². The molecule has 0 spiro atoms. The number of ether oxygens (including phenoxy) is 1. The number of ketones is 1. The van der Waals surface area contributed by atoms with Crippen molar-refractivity contribution in [2.24, 2.45) is 0 Å². The first-order valence-electron chi connectivity index (χ1n) is 6.54. The van der Waals surface area contributed by atoms with Crippen LogP contribution in [0.5, 0.6) is 0 Å². The lowest BCUT2D eigenvalue weighted by Gasteiger charge is -2.32. The van der Waals surface area contributed by atoms with E-state index >= 15 is 0 Å². The van der Waals surface area contributed by atoms with Gasteiger partial charge in [-0.2, -0.15) is 0 Å². The molecule has 0 N–H and O–H groups in total. The monoisotopic (exact) mass is 261 g/mol. The summed E-state index contributed by atoms with van der Waals surface area (Å²) in [6.45, 7) is 0. The van der Waals surface area contributed by atoms with Gasteiger partial charge in [0.25, 0.3) is 0 Å². The average Bonchev–Trinajstić information content (AvgIpc) is 2.46. The Labute approximate surface area is 113 Å². The molecule has 0 aliphatic heterocycles. The Bertz CT molecular complexity index is 457. The molecule has 1 aliphatic rings. The zero-order chi connectivity index (χ0) is 13.8. The van der Waals surface area contributed by atoms with Crippen molar-refractivity contribution in [1.29, 1.82) is 0 Å². The summed E-state index contributed by atoms with van der Waals surface area (Å²) in [5, 5.41) is 0. The number of carbonyl (C=O) groups excluding carboxylic acids is 2. The lowest BCUT2D eigenvalue weighted by atomic mass is 9.93. The average molecular weight is 261 g/mol. The Kier molecular flexibility index (Phi) is 4.20. The predicted octanol–water partition coefficient (Wildman–Crippen LogP) is 2.42. The zero-order valence-corrected chi connectivity index (χ0v) is 11.4. The predicted molar refractivity (Wildman–Crippen MR) is 73.4 cm³/mol. The molecule has 19 heavy (non-hydrogen) atoms. The maximum Gasteiger partial charge on any atom is 0.337 e. The quantitative estimate of drug-likeness (QED) is 0.784. The van der Waals surface area contributed by atoms with Crippen molar-refractivity contribution in [1.82, 2.24) is 0 Å². The van der Waals surface area contributed by atoms with E-state index in [4.69, 9.17) is 0 Å². The van der Waals surface area contributed by atoms with Crippen LogP contribution in [-0.2, 0) is 9.53 Å². The summed E-state index contributed by atoms with van der Waals surface area (Å²) in [5.74, 6) is 0.0446. The number of rotatable bonds is 3. The van der Waals surface area contributed by atoms with Crippen LogP contribution in [0.2, 0.25) is 0 Å². The summed E-state index contributed by atoms with van der Waals surface area (Å²) >= 11 is 0. The fraction of sp³-hybridized carbons (Fsp3) is 0.467. The number of nitrogens with zero attached hydrogens (tertiary/aromatic N) is 1. The minimum absolute atomic E-state index is 0.322. The Morgan fingerprint density at radius 1 is 1.21 bits per heavy atom. The fourth-order valence-corrected chi connectivity index (χ4v) is 2.47. The number of Topliss-reactive ketones (excluding diaryl/α,β-unsaturated/α-hetero) is 1. The molecule has 0 atom stereocenters. The maximum absolute atomic E-state index is 11.4. The highest BCUT2D eigenvalue weighted by Crippen LogP contribution is 2.25. The zero-order valence-electron chi connectivity index (χ0n) is 11.4. The summed E-state index contributed by atoms with van der Waals surface area (Å²) in [7, 11) is 3.41. The number of methoxy groups -OCH3 is 1. The van der Waals surface area contributed by atoms with E-state index in [9.17, 15) is 9.59 Å². The van der Waals surface area contributed by atoms with Crippen LogP contribution in [0.25, 0.3) is 0 Å². The molecule has 0 aromatic heterocycles. The third kappa shape index (κ3) is 3.13. The molecule has 4 nitrogen and oxygen atoms in total. The van der Waals surface area contributed by atoms with Crippen LogP contribution in [0.15, 0.2) is 24.3 Å². The SMILES string of the molecule is COC(=O)c1ccc(N(C)C2CCC(=O)CC2)cc1. The van der Waals surface area contributed by atoms with Gasteiger partial charge in [0.2, 0.25) is 0 Å². The van der Waals surface area contributed by atoms with Gasteiger partial charge in [0.05, 0.1) is 12.7 Å². The van der Waals surface area contributed by atoms with Gasteiger partial charge in [0.1, 0.15) is 5.78 Å². The molecule has 0 heterocycles. The van der Waals surface area contributed by atoms with Crippen molar-refractivity contribution in [2.75, 3.05) is 19.1 Å². The Balaban J connectivity index is 2.05. The lowest BCUT2D eigenvalue weighted by Crippen LogP contribution is -2.35. The third-order valence-electron chi connectivity index (χ3n) is 3.76. The van der Waals surface area contributed by atoms with Gasteiger partial charge in [0, 0.05) is 31.6 Å². The first kappa shape index (κ1) is 13.6. The standard InChI is InChI=1S/C15H19NO3/c1-16(13-7-9-14(17)10-8-13)12-5-3-11(4-6-12)15(18)19-2/h3-6,13H,7-10H2,1-2H3. The number of carbonyl (C=O) groups is 2. The molecule has 0 radical (unpaired) electrons. The molecule has 0 saturated heterocycles. The Hall–Kier alpha value is -1.84.